The topological polar surface area (TPSA) is 0 Å². The van der Waals surface area contributed by atoms with Crippen LogP contribution in [-0.4, -0.2) is 0 Å². The van der Waals surface area contributed by atoms with E-state index in [2.05, 4.69) is 50.8 Å². The lowest BCUT2D eigenvalue weighted by atomic mass is 10.1. The average Bonchev–Trinajstić information content (AvgIpc) is 2.18. The van der Waals surface area contributed by atoms with Gasteiger partial charge < -0.3 is 0 Å². The van der Waals surface area contributed by atoms with E-state index in [1.165, 1.54) is 16.7 Å². The summed E-state index contributed by atoms with van der Waals surface area (Å²) in [6, 6.07) is 8.61. The van der Waals surface area contributed by atoms with E-state index in [4.69, 9.17) is 0 Å². The first kappa shape index (κ1) is 10.8. The molecule has 0 saturated carbocycles. The van der Waals surface area contributed by atoms with Crippen LogP contribution < -0.4 is 0 Å². The SMILES string of the molecule is C=CCC/C(C)=C\c1ccc(C)cc1. The van der Waals surface area contributed by atoms with Crippen molar-refractivity contribution in [2.24, 2.45) is 0 Å². The molecule has 0 nitrogen and oxygen atoms in total. The molecule has 14 heavy (non-hydrogen) atoms. The van der Waals surface area contributed by atoms with Gasteiger partial charge in [-0.3, -0.25) is 0 Å². The highest BCUT2D eigenvalue weighted by Crippen LogP contribution is 2.11. The normalized spacial score (nSPS) is 11.4. The van der Waals surface area contributed by atoms with Crippen molar-refractivity contribution in [2.75, 3.05) is 0 Å². The number of hydrogen-bond donors (Lipinski definition) is 0. The van der Waals surface area contributed by atoms with Crippen molar-refractivity contribution in [3.63, 3.8) is 0 Å². The smallest absolute Gasteiger partial charge is 0.0257 e. The molecule has 0 saturated heterocycles. The van der Waals surface area contributed by atoms with Crippen LogP contribution in [0.3, 0.4) is 0 Å². The standard InChI is InChI=1S/C14H18/c1-4-5-6-13(3)11-14-9-7-12(2)8-10-14/h4,7-11H,1,5-6H2,2-3H3/b13-11-. The van der Waals surface area contributed by atoms with Crippen molar-refractivity contribution in [3.8, 4) is 0 Å². The molecule has 0 heterocycles. The number of rotatable bonds is 4. The monoisotopic (exact) mass is 186 g/mol. The van der Waals surface area contributed by atoms with Crippen LogP contribution >= 0.6 is 0 Å². The Hall–Kier alpha value is -1.30. The summed E-state index contributed by atoms with van der Waals surface area (Å²) in [6.07, 6.45) is 6.38. The maximum Gasteiger partial charge on any atom is -0.0257 e. The molecule has 0 aromatic heterocycles. The van der Waals surface area contributed by atoms with Gasteiger partial charge in [0.15, 0.2) is 0 Å². The van der Waals surface area contributed by atoms with Crippen molar-refractivity contribution < 1.29 is 0 Å². The highest BCUT2D eigenvalue weighted by atomic mass is 14.0. The van der Waals surface area contributed by atoms with E-state index >= 15 is 0 Å². The van der Waals surface area contributed by atoms with Gasteiger partial charge in [0.25, 0.3) is 0 Å². The Balaban J connectivity index is 2.66. The lowest BCUT2D eigenvalue weighted by molar-refractivity contribution is 0.989. The number of allylic oxidation sites excluding steroid dienone is 2. The Bertz CT molecular complexity index is 314. The second-order valence-electron chi connectivity index (χ2n) is 3.73. The molecule has 0 N–H and O–H groups in total. The van der Waals surface area contributed by atoms with Crippen molar-refractivity contribution in [1.82, 2.24) is 0 Å². The number of benzene rings is 1. The molecule has 0 aliphatic rings. The van der Waals surface area contributed by atoms with E-state index < -0.39 is 0 Å². The predicted molar refractivity (Wildman–Crippen MR) is 64.3 cm³/mol. The molecular weight excluding hydrogens is 168 g/mol. The second kappa shape index (κ2) is 5.43. The molecule has 1 rings (SSSR count). The van der Waals surface area contributed by atoms with Gasteiger partial charge in [-0.25, -0.2) is 0 Å². The molecule has 0 aliphatic carbocycles. The second-order valence-corrected chi connectivity index (χ2v) is 3.73. The van der Waals surface area contributed by atoms with Gasteiger partial charge in [-0.15, -0.1) is 6.58 Å². The van der Waals surface area contributed by atoms with Gasteiger partial charge in [-0.1, -0.05) is 47.6 Å². The average molecular weight is 186 g/mol. The molecule has 0 heteroatoms. The first-order chi connectivity index (χ1) is 6.72. The summed E-state index contributed by atoms with van der Waals surface area (Å²) in [5.74, 6) is 0. The predicted octanol–water partition coefficient (Wildman–Crippen LogP) is 4.36. The minimum absolute atomic E-state index is 1.06. The molecular formula is C14H18. The van der Waals surface area contributed by atoms with E-state index in [9.17, 15) is 0 Å². The zero-order chi connectivity index (χ0) is 10.4. The Labute approximate surface area is 87.0 Å². The molecule has 0 fully saturated rings. The molecule has 0 unspecified atom stereocenters. The van der Waals surface area contributed by atoms with Crippen LogP contribution in [0.4, 0.5) is 0 Å². The van der Waals surface area contributed by atoms with E-state index in [0.29, 0.717) is 0 Å². The lowest BCUT2D eigenvalue weighted by Crippen LogP contribution is -1.78. The number of hydrogen-bond acceptors (Lipinski definition) is 0. The molecule has 0 atom stereocenters. The Kier molecular flexibility index (Phi) is 4.18. The van der Waals surface area contributed by atoms with Gasteiger partial charge in [-0.2, -0.15) is 0 Å². The highest BCUT2D eigenvalue weighted by Gasteiger charge is 1.90. The van der Waals surface area contributed by atoms with Gasteiger partial charge in [0.1, 0.15) is 0 Å². The van der Waals surface area contributed by atoms with Crippen LogP contribution in [0.2, 0.25) is 0 Å². The molecule has 0 amide bonds. The molecule has 0 radical (unpaired) electrons. The molecule has 1 aromatic carbocycles. The van der Waals surface area contributed by atoms with Crippen LogP contribution in [0.1, 0.15) is 30.9 Å². The van der Waals surface area contributed by atoms with Crippen LogP contribution in [0.5, 0.6) is 0 Å². The molecule has 1 aromatic rings. The summed E-state index contributed by atoms with van der Waals surface area (Å²) >= 11 is 0. The highest BCUT2D eigenvalue weighted by molar-refractivity contribution is 5.52. The van der Waals surface area contributed by atoms with Gasteiger partial charge in [0.05, 0.1) is 0 Å². The zero-order valence-electron chi connectivity index (χ0n) is 9.09. The maximum atomic E-state index is 3.72. The van der Waals surface area contributed by atoms with Crippen molar-refractivity contribution in [1.29, 1.82) is 0 Å². The molecule has 0 aliphatic heterocycles. The van der Waals surface area contributed by atoms with E-state index in [1.807, 2.05) is 6.08 Å². The third kappa shape index (κ3) is 3.61. The summed E-state index contributed by atoms with van der Waals surface area (Å²) in [6.45, 7) is 8.00. The largest absolute Gasteiger partial charge is 0.103 e. The summed E-state index contributed by atoms with van der Waals surface area (Å²) in [5.41, 5.74) is 4.01. The Morgan fingerprint density at radius 1 is 1.29 bits per heavy atom. The molecule has 74 valence electrons. The fourth-order valence-electron chi connectivity index (χ4n) is 1.35. The Morgan fingerprint density at radius 3 is 2.50 bits per heavy atom. The van der Waals surface area contributed by atoms with E-state index in [1.54, 1.807) is 0 Å². The summed E-state index contributed by atoms with van der Waals surface area (Å²) in [5, 5.41) is 0. The van der Waals surface area contributed by atoms with Crippen molar-refractivity contribution >= 4 is 6.08 Å². The minimum Gasteiger partial charge on any atom is -0.103 e. The quantitative estimate of drug-likeness (QED) is 0.613. The fraction of sp³-hybridized carbons (Fsp3) is 0.286. The summed E-state index contributed by atoms with van der Waals surface area (Å²) in [4.78, 5) is 0. The van der Waals surface area contributed by atoms with Crippen LogP contribution in [-0.2, 0) is 0 Å². The molecule has 0 spiro atoms. The zero-order valence-corrected chi connectivity index (χ0v) is 9.09. The fourth-order valence-corrected chi connectivity index (χ4v) is 1.35. The van der Waals surface area contributed by atoms with Gasteiger partial charge >= 0.3 is 0 Å². The maximum absolute atomic E-state index is 3.72. The van der Waals surface area contributed by atoms with E-state index in [-0.39, 0.29) is 0 Å². The van der Waals surface area contributed by atoms with Crippen LogP contribution in [0.15, 0.2) is 42.5 Å². The summed E-state index contributed by atoms with van der Waals surface area (Å²) in [7, 11) is 0. The van der Waals surface area contributed by atoms with E-state index in [0.717, 1.165) is 12.8 Å². The summed E-state index contributed by atoms with van der Waals surface area (Å²) < 4.78 is 0. The van der Waals surface area contributed by atoms with Crippen molar-refractivity contribution in [2.45, 2.75) is 26.7 Å². The minimum atomic E-state index is 1.06. The van der Waals surface area contributed by atoms with Gasteiger partial charge in [-0.05, 0) is 32.3 Å². The van der Waals surface area contributed by atoms with Crippen LogP contribution in [0.25, 0.3) is 6.08 Å². The first-order valence-electron chi connectivity index (χ1n) is 5.07. The number of aryl methyl sites for hydroxylation is 1. The lowest BCUT2D eigenvalue weighted by Gasteiger charge is -1.99. The third-order valence-corrected chi connectivity index (χ3v) is 2.23. The molecule has 0 bridgehead atoms. The third-order valence-electron chi connectivity index (χ3n) is 2.23. The Morgan fingerprint density at radius 2 is 1.93 bits per heavy atom. The van der Waals surface area contributed by atoms with Gasteiger partial charge in [0.2, 0.25) is 0 Å². The first-order valence-corrected chi connectivity index (χ1v) is 5.07. The van der Waals surface area contributed by atoms with Gasteiger partial charge in [0, 0.05) is 0 Å². The van der Waals surface area contributed by atoms with Crippen LogP contribution in [0, 0.1) is 6.92 Å². The van der Waals surface area contributed by atoms with Crippen molar-refractivity contribution in [3.05, 3.63) is 53.6 Å².